The lowest BCUT2D eigenvalue weighted by atomic mass is 10.1. The summed E-state index contributed by atoms with van der Waals surface area (Å²) in [5.41, 5.74) is 6.83. The van der Waals surface area contributed by atoms with Gasteiger partial charge in [-0.05, 0) is 15.9 Å². The first kappa shape index (κ1) is 19.9. The minimum Gasteiger partial charge on any atom is -0.382 e. The summed E-state index contributed by atoms with van der Waals surface area (Å²) in [7, 11) is 4.60. The van der Waals surface area contributed by atoms with Crippen molar-refractivity contribution in [2.75, 3.05) is 26.1 Å². The number of rotatable bonds is 5. The van der Waals surface area contributed by atoms with Crippen LogP contribution in [0.25, 0.3) is 11.2 Å². The third-order valence-corrected chi connectivity index (χ3v) is 6.60. The normalized spacial score (nSPS) is 32.3. The highest BCUT2D eigenvalue weighted by Crippen LogP contribution is 2.63. The van der Waals surface area contributed by atoms with Crippen LogP contribution < -0.4 is 5.73 Å². The van der Waals surface area contributed by atoms with E-state index in [1.165, 1.54) is 6.33 Å². The lowest BCUT2D eigenvalue weighted by molar-refractivity contribution is -0.0645. The molecule has 0 spiro atoms. The van der Waals surface area contributed by atoms with Gasteiger partial charge in [-0.25, -0.2) is 15.0 Å². The van der Waals surface area contributed by atoms with Crippen molar-refractivity contribution in [1.29, 1.82) is 5.26 Å². The van der Waals surface area contributed by atoms with E-state index in [0.29, 0.717) is 15.9 Å². The van der Waals surface area contributed by atoms with Crippen LogP contribution in [0.1, 0.15) is 12.6 Å². The van der Waals surface area contributed by atoms with Gasteiger partial charge in [0, 0.05) is 7.11 Å². The summed E-state index contributed by atoms with van der Waals surface area (Å²) in [5.74, 6) is 0.256. The van der Waals surface area contributed by atoms with Crippen LogP contribution in [0.2, 0.25) is 0 Å². The molecule has 0 aliphatic carbocycles. The van der Waals surface area contributed by atoms with E-state index in [0.717, 1.165) is 0 Å². The second-order valence-corrected chi connectivity index (χ2v) is 8.61. The van der Waals surface area contributed by atoms with Gasteiger partial charge in [-0.15, -0.1) is 0 Å². The van der Waals surface area contributed by atoms with Gasteiger partial charge in [-0.3, -0.25) is 4.57 Å². The van der Waals surface area contributed by atoms with Crippen molar-refractivity contribution in [3.8, 4) is 6.07 Å². The zero-order valence-electron chi connectivity index (χ0n) is 14.8. The number of hydrogen-bond donors (Lipinski definition) is 1. The molecule has 2 fully saturated rings. The maximum atomic E-state index is 8.67. The molecule has 0 saturated carbocycles. The minimum absolute atomic E-state index is 0.119. The lowest BCUT2D eigenvalue weighted by Gasteiger charge is -2.31. The second-order valence-electron chi connectivity index (χ2n) is 6.09. The van der Waals surface area contributed by atoms with Crippen LogP contribution in [-0.2, 0) is 23.0 Å². The number of nitriles is 1. The number of nitrogen functional groups attached to an aromatic ring is 1. The van der Waals surface area contributed by atoms with Gasteiger partial charge in [0.2, 0.25) is 0 Å². The molecule has 28 heavy (non-hydrogen) atoms. The Morgan fingerprint density at radius 3 is 3.11 bits per heavy atom. The maximum Gasteiger partial charge on any atom is 0.488 e. The molecule has 11 nitrogen and oxygen atoms in total. The van der Waals surface area contributed by atoms with Gasteiger partial charge in [0.1, 0.15) is 31.7 Å². The first-order valence-corrected chi connectivity index (χ1v) is 10.7. The SMILES string of the molecule is [B][P+]1(OCCC#N)OC[C@H]2O[C@@H](n3c(Br)nc4c(N)ncnc43)[C@H](OC)[C@@H]2O1. The van der Waals surface area contributed by atoms with E-state index >= 15 is 0 Å². The number of nitrogens with two attached hydrogens (primary N) is 1. The highest BCUT2D eigenvalue weighted by molar-refractivity contribution is 9.10. The highest BCUT2D eigenvalue weighted by atomic mass is 79.9. The van der Waals surface area contributed by atoms with Gasteiger partial charge in [0.05, 0.1) is 12.5 Å². The Bertz CT molecular complexity index is 929. The lowest BCUT2D eigenvalue weighted by Crippen LogP contribution is -2.42. The van der Waals surface area contributed by atoms with Crippen molar-refractivity contribution in [2.24, 2.45) is 0 Å². The van der Waals surface area contributed by atoms with Gasteiger partial charge in [0.15, 0.2) is 34.0 Å². The molecule has 0 amide bonds. The predicted molar refractivity (Wildman–Crippen MR) is 102 cm³/mol. The number of ether oxygens (including phenoxy) is 2. The summed E-state index contributed by atoms with van der Waals surface area (Å²) in [6.07, 6.45) is -0.598. The number of halogens is 1. The Morgan fingerprint density at radius 1 is 1.54 bits per heavy atom. The molecule has 4 rings (SSSR count). The molecule has 4 heterocycles. The van der Waals surface area contributed by atoms with Crippen molar-refractivity contribution in [3.05, 3.63) is 11.1 Å². The molecule has 2 aliphatic heterocycles. The molecule has 2 aromatic rings. The molecule has 2 aromatic heterocycles. The molecule has 146 valence electrons. The fourth-order valence-corrected chi connectivity index (χ4v) is 5.26. The van der Waals surface area contributed by atoms with E-state index in [-0.39, 0.29) is 25.5 Å². The zero-order valence-corrected chi connectivity index (χ0v) is 17.2. The Kier molecular flexibility index (Phi) is 5.54. The first-order valence-electron chi connectivity index (χ1n) is 8.31. The van der Waals surface area contributed by atoms with Crippen LogP contribution >= 0.6 is 23.8 Å². The molecule has 2 aliphatic rings. The number of hydrogen-bond acceptors (Lipinski definition) is 10. The molecule has 14 heteroatoms. The summed E-state index contributed by atoms with van der Waals surface area (Å²) < 4.78 is 31.0. The molecule has 2 radical (unpaired) electrons. The minimum atomic E-state index is -3.08. The molecule has 5 atom stereocenters. The van der Waals surface area contributed by atoms with Gasteiger partial charge < -0.3 is 15.2 Å². The maximum absolute atomic E-state index is 8.67. The van der Waals surface area contributed by atoms with Crippen LogP contribution in [0.5, 0.6) is 0 Å². The Labute approximate surface area is 170 Å². The van der Waals surface area contributed by atoms with Crippen LogP contribution in [-0.4, -0.2) is 65.7 Å². The summed E-state index contributed by atoms with van der Waals surface area (Å²) in [4.78, 5) is 12.6. The number of aromatic nitrogens is 4. The van der Waals surface area contributed by atoms with Crippen LogP contribution in [0.3, 0.4) is 0 Å². The third kappa shape index (κ3) is 3.39. The van der Waals surface area contributed by atoms with Crippen LogP contribution in [0, 0.1) is 11.3 Å². The fraction of sp³-hybridized carbons (Fsp3) is 0.571. The first-order chi connectivity index (χ1) is 13.5. The number of methoxy groups -OCH3 is 1. The zero-order chi connectivity index (χ0) is 19.9. The molecular formula is C14H16BBrN6O5P+. The Hall–Kier alpha value is -1.39. The van der Waals surface area contributed by atoms with Gasteiger partial charge in [0.25, 0.3) is 0 Å². The standard InChI is InChI=1S/C14H16BBrN6O5P/c1-23-10-9-7(5-25-28(15,27-9)24-4-2-3-17)26-13(10)22-12-8(21-14(22)16)11(18)19-6-20-12/h6-7,9-10,13H,2,4-5H2,1H3,(H2,18,19,20)/q+1/t7-,9-,10-,13-,28?/m1/s1. The summed E-state index contributed by atoms with van der Waals surface area (Å²) >= 11 is 3.42. The number of nitrogens with zero attached hydrogens (tertiary/aromatic N) is 5. The van der Waals surface area contributed by atoms with Crippen LogP contribution in [0.4, 0.5) is 5.82 Å². The molecule has 2 saturated heterocycles. The quantitative estimate of drug-likeness (QED) is 0.294. The summed E-state index contributed by atoms with van der Waals surface area (Å²) in [6, 6.07) is 1.98. The molecule has 0 aromatic carbocycles. The van der Waals surface area contributed by atoms with E-state index in [1.807, 2.05) is 6.07 Å². The Balaban J connectivity index is 1.63. The number of imidazole rings is 1. The molecule has 0 bridgehead atoms. The van der Waals surface area contributed by atoms with Crippen molar-refractivity contribution in [3.63, 3.8) is 0 Å². The van der Waals surface area contributed by atoms with Gasteiger partial charge in [-0.2, -0.15) is 18.8 Å². The van der Waals surface area contributed by atoms with Gasteiger partial charge >= 0.3 is 15.4 Å². The van der Waals surface area contributed by atoms with Crippen molar-refractivity contribution in [2.45, 2.75) is 31.0 Å². The average molecular weight is 470 g/mol. The van der Waals surface area contributed by atoms with Gasteiger partial charge in [-0.1, -0.05) is 0 Å². The van der Waals surface area contributed by atoms with Crippen molar-refractivity contribution in [1.82, 2.24) is 19.5 Å². The molecule has 1 unspecified atom stereocenters. The third-order valence-electron chi connectivity index (χ3n) is 4.45. The largest absolute Gasteiger partial charge is 0.488 e. The van der Waals surface area contributed by atoms with E-state index in [1.54, 1.807) is 11.7 Å². The number of anilines is 1. The van der Waals surface area contributed by atoms with Crippen molar-refractivity contribution >= 4 is 48.3 Å². The van der Waals surface area contributed by atoms with E-state index < -0.39 is 32.4 Å². The molecule has 2 N–H and O–H groups in total. The highest BCUT2D eigenvalue weighted by Gasteiger charge is 2.59. The topological polar surface area (TPSA) is 140 Å². The fourth-order valence-electron chi connectivity index (χ4n) is 3.22. The van der Waals surface area contributed by atoms with Crippen molar-refractivity contribution < 1.29 is 23.0 Å². The van der Waals surface area contributed by atoms with E-state index in [9.17, 15) is 0 Å². The predicted octanol–water partition coefficient (Wildman–Crippen LogP) is 1.28. The Morgan fingerprint density at radius 2 is 2.36 bits per heavy atom. The summed E-state index contributed by atoms with van der Waals surface area (Å²) in [5, 5.41) is 8.67. The second kappa shape index (κ2) is 7.80. The van der Waals surface area contributed by atoms with E-state index in [4.69, 9.17) is 41.6 Å². The average Bonchev–Trinajstić information content (AvgIpc) is 3.18. The smallest absolute Gasteiger partial charge is 0.382 e. The number of fused-ring (bicyclic) bond motifs is 2. The monoisotopic (exact) mass is 469 g/mol. The molecular weight excluding hydrogens is 454 g/mol. The van der Waals surface area contributed by atoms with Crippen LogP contribution in [0.15, 0.2) is 11.1 Å². The summed E-state index contributed by atoms with van der Waals surface area (Å²) in [6.45, 7) is 0.285. The van der Waals surface area contributed by atoms with E-state index in [2.05, 4.69) is 30.9 Å².